The fraction of sp³-hybridized carbons (Fsp3) is 0.304. The molecule has 0 aliphatic rings. The van der Waals surface area contributed by atoms with E-state index < -0.39 is 5.97 Å². The van der Waals surface area contributed by atoms with Crippen molar-refractivity contribution in [2.75, 3.05) is 26.8 Å². The number of rotatable bonds is 8. The van der Waals surface area contributed by atoms with E-state index in [0.717, 1.165) is 35.0 Å². The van der Waals surface area contributed by atoms with E-state index in [-0.39, 0.29) is 6.61 Å². The summed E-state index contributed by atoms with van der Waals surface area (Å²) in [7, 11) is 1.40. The van der Waals surface area contributed by atoms with Crippen LogP contribution in [0.15, 0.2) is 54.6 Å². The standard InChI is InChI=1S/C23H26N2O3/c1-3-13-25(14-15-26)16-20-22(23(27)28-2)21(17-9-5-4-6-10-17)18-11-7-8-12-19(18)24-20/h4-12,26H,3,13-16H2,1-2H3. The molecule has 5 heteroatoms. The lowest BCUT2D eigenvalue weighted by molar-refractivity contribution is 0.0598. The van der Waals surface area contributed by atoms with Crippen LogP contribution in [0.25, 0.3) is 22.0 Å². The Bertz CT molecular complexity index is 935. The Kier molecular flexibility index (Phi) is 6.74. The summed E-state index contributed by atoms with van der Waals surface area (Å²) in [5, 5.41) is 10.3. The Hall–Kier alpha value is -2.76. The summed E-state index contributed by atoms with van der Waals surface area (Å²) >= 11 is 0. The first-order valence-corrected chi connectivity index (χ1v) is 9.58. The number of para-hydroxylation sites is 1. The quantitative estimate of drug-likeness (QED) is 0.603. The maximum atomic E-state index is 12.8. The first-order chi connectivity index (χ1) is 13.7. The molecule has 0 fully saturated rings. The van der Waals surface area contributed by atoms with Gasteiger partial charge in [-0.2, -0.15) is 0 Å². The van der Waals surface area contributed by atoms with E-state index in [1.54, 1.807) is 0 Å². The normalized spacial score (nSPS) is 11.1. The molecule has 3 rings (SSSR count). The van der Waals surface area contributed by atoms with Gasteiger partial charge in [0.2, 0.25) is 0 Å². The van der Waals surface area contributed by atoms with E-state index in [1.165, 1.54) is 7.11 Å². The first kappa shape index (κ1) is 20.0. The number of esters is 1. The molecule has 0 saturated heterocycles. The van der Waals surface area contributed by atoms with Gasteiger partial charge in [-0.3, -0.25) is 9.88 Å². The van der Waals surface area contributed by atoms with Gasteiger partial charge in [-0.15, -0.1) is 0 Å². The number of aliphatic hydroxyl groups excluding tert-OH is 1. The highest BCUT2D eigenvalue weighted by Crippen LogP contribution is 2.34. The van der Waals surface area contributed by atoms with Crippen LogP contribution in [0.5, 0.6) is 0 Å². The van der Waals surface area contributed by atoms with Gasteiger partial charge < -0.3 is 9.84 Å². The largest absolute Gasteiger partial charge is 0.465 e. The number of hydrogen-bond donors (Lipinski definition) is 1. The number of nitrogens with zero attached hydrogens (tertiary/aromatic N) is 2. The van der Waals surface area contributed by atoms with Crippen molar-refractivity contribution in [3.05, 3.63) is 65.9 Å². The highest BCUT2D eigenvalue weighted by Gasteiger charge is 2.24. The molecule has 0 unspecified atom stereocenters. The summed E-state index contributed by atoms with van der Waals surface area (Å²) in [6.07, 6.45) is 0.951. The second kappa shape index (κ2) is 9.44. The van der Waals surface area contributed by atoms with Crippen LogP contribution in [0.2, 0.25) is 0 Å². The number of benzene rings is 2. The monoisotopic (exact) mass is 378 g/mol. The number of aliphatic hydroxyl groups is 1. The highest BCUT2D eigenvalue weighted by molar-refractivity contribution is 6.07. The van der Waals surface area contributed by atoms with E-state index in [0.29, 0.717) is 24.3 Å². The summed E-state index contributed by atoms with van der Waals surface area (Å²) in [4.78, 5) is 19.8. The maximum absolute atomic E-state index is 12.8. The predicted molar refractivity (Wildman–Crippen MR) is 111 cm³/mol. The lowest BCUT2D eigenvalue weighted by atomic mass is 9.94. The number of carbonyl (C=O) groups is 1. The van der Waals surface area contributed by atoms with Crippen LogP contribution >= 0.6 is 0 Å². The van der Waals surface area contributed by atoms with Crippen molar-refractivity contribution in [1.82, 2.24) is 9.88 Å². The second-order valence-corrected chi connectivity index (χ2v) is 6.68. The molecule has 0 aliphatic heterocycles. The molecular formula is C23H26N2O3. The molecular weight excluding hydrogens is 352 g/mol. The van der Waals surface area contributed by atoms with Gasteiger partial charge >= 0.3 is 5.97 Å². The van der Waals surface area contributed by atoms with Crippen molar-refractivity contribution in [3.63, 3.8) is 0 Å². The van der Waals surface area contributed by atoms with Crippen molar-refractivity contribution in [2.45, 2.75) is 19.9 Å². The Morgan fingerprint density at radius 2 is 1.79 bits per heavy atom. The molecule has 0 aliphatic carbocycles. The van der Waals surface area contributed by atoms with Crippen LogP contribution in [-0.2, 0) is 11.3 Å². The molecule has 1 aromatic heterocycles. The van der Waals surface area contributed by atoms with Crippen molar-refractivity contribution in [2.24, 2.45) is 0 Å². The van der Waals surface area contributed by atoms with Gasteiger partial charge in [0.1, 0.15) is 0 Å². The van der Waals surface area contributed by atoms with Gasteiger partial charge in [0.05, 0.1) is 30.5 Å². The number of hydrogen-bond acceptors (Lipinski definition) is 5. The van der Waals surface area contributed by atoms with Gasteiger partial charge in [0.25, 0.3) is 0 Å². The molecule has 146 valence electrons. The summed E-state index contributed by atoms with van der Waals surface area (Å²) in [6.45, 7) is 3.98. The van der Waals surface area contributed by atoms with Crippen molar-refractivity contribution in [1.29, 1.82) is 0 Å². The number of carbonyl (C=O) groups excluding carboxylic acids is 1. The van der Waals surface area contributed by atoms with Crippen LogP contribution in [0.3, 0.4) is 0 Å². The third-order valence-electron chi connectivity index (χ3n) is 4.75. The average Bonchev–Trinajstić information content (AvgIpc) is 2.73. The lowest BCUT2D eigenvalue weighted by Gasteiger charge is -2.23. The third kappa shape index (κ3) is 4.21. The smallest absolute Gasteiger partial charge is 0.340 e. The minimum Gasteiger partial charge on any atom is -0.465 e. The lowest BCUT2D eigenvalue weighted by Crippen LogP contribution is -2.29. The molecule has 1 heterocycles. The second-order valence-electron chi connectivity index (χ2n) is 6.68. The highest BCUT2D eigenvalue weighted by atomic mass is 16.5. The number of pyridine rings is 1. The van der Waals surface area contributed by atoms with E-state index in [1.807, 2.05) is 54.6 Å². The predicted octanol–water partition coefficient (Wildman–Crippen LogP) is 3.89. The third-order valence-corrected chi connectivity index (χ3v) is 4.75. The zero-order chi connectivity index (χ0) is 19.9. The van der Waals surface area contributed by atoms with Crippen LogP contribution in [-0.4, -0.2) is 47.8 Å². The van der Waals surface area contributed by atoms with Gasteiger partial charge in [0, 0.05) is 24.0 Å². The zero-order valence-electron chi connectivity index (χ0n) is 16.4. The molecule has 5 nitrogen and oxygen atoms in total. The Balaban J connectivity index is 2.27. The van der Waals surface area contributed by atoms with Crippen molar-refractivity contribution >= 4 is 16.9 Å². The Labute approximate surface area is 165 Å². The fourth-order valence-corrected chi connectivity index (χ4v) is 3.54. The van der Waals surface area contributed by atoms with Gasteiger partial charge in [-0.1, -0.05) is 55.5 Å². The molecule has 0 atom stereocenters. The first-order valence-electron chi connectivity index (χ1n) is 9.58. The minimum atomic E-state index is -0.396. The van der Waals surface area contributed by atoms with E-state index in [2.05, 4.69) is 11.8 Å². The average molecular weight is 378 g/mol. The molecule has 28 heavy (non-hydrogen) atoms. The van der Waals surface area contributed by atoms with Gasteiger partial charge in [-0.05, 0) is 24.6 Å². The summed E-state index contributed by atoms with van der Waals surface area (Å²) in [5.74, 6) is -0.396. The van der Waals surface area contributed by atoms with Gasteiger partial charge in [0.15, 0.2) is 0 Å². The summed E-state index contributed by atoms with van der Waals surface area (Å²) in [5.41, 5.74) is 3.79. The molecule has 1 N–H and O–H groups in total. The zero-order valence-corrected chi connectivity index (χ0v) is 16.4. The SMILES string of the molecule is CCCN(CCO)Cc1nc2ccccc2c(-c2ccccc2)c1C(=O)OC. The Morgan fingerprint density at radius 3 is 2.46 bits per heavy atom. The van der Waals surface area contributed by atoms with Gasteiger partial charge in [-0.25, -0.2) is 4.79 Å². The number of methoxy groups -OCH3 is 1. The molecule has 0 radical (unpaired) electrons. The van der Waals surface area contributed by atoms with Crippen LogP contribution in [0.1, 0.15) is 29.4 Å². The molecule has 0 spiro atoms. The maximum Gasteiger partial charge on any atom is 0.340 e. The van der Waals surface area contributed by atoms with Crippen molar-refractivity contribution < 1.29 is 14.6 Å². The van der Waals surface area contributed by atoms with Crippen LogP contribution in [0.4, 0.5) is 0 Å². The molecule has 2 aromatic carbocycles. The number of fused-ring (bicyclic) bond motifs is 1. The molecule has 0 saturated carbocycles. The molecule has 0 bridgehead atoms. The summed E-state index contributed by atoms with van der Waals surface area (Å²) in [6, 6.07) is 17.7. The minimum absolute atomic E-state index is 0.0622. The Morgan fingerprint density at radius 1 is 1.07 bits per heavy atom. The van der Waals surface area contributed by atoms with Crippen LogP contribution in [0, 0.1) is 0 Å². The number of aromatic nitrogens is 1. The van der Waals surface area contributed by atoms with Crippen molar-refractivity contribution in [3.8, 4) is 11.1 Å². The van der Waals surface area contributed by atoms with E-state index in [9.17, 15) is 9.90 Å². The summed E-state index contributed by atoms with van der Waals surface area (Å²) < 4.78 is 5.14. The molecule has 3 aromatic rings. The van der Waals surface area contributed by atoms with Crippen LogP contribution < -0.4 is 0 Å². The fourth-order valence-electron chi connectivity index (χ4n) is 3.54. The van der Waals surface area contributed by atoms with E-state index >= 15 is 0 Å². The topological polar surface area (TPSA) is 62.7 Å². The van der Waals surface area contributed by atoms with E-state index in [4.69, 9.17) is 9.72 Å². The molecule has 0 amide bonds. The number of ether oxygens (including phenoxy) is 1.